The first-order valence-corrected chi connectivity index (χ1v) is 9.14. The van der Waals surface area contributed by atoms with E-state index in [1.54, 1.807) is 13.8 Å². The summed E-state index contributed by atoms with van der Waals surface area (Å²) in [4.78, 5) is 12.7. The zero-order valence-electron chi connectivity index (χ0n) is 15.9. The molecule has 0 bridgehead atoms. The van der Waals surface area contributed by atoms with Crippen molar-refractivity contribution in [3.8, 4) is 11.8 Å². The van der Waals surface area contributed by atoms with Gasteiger partial charge >= 0.3 is 0 Å². The number of carbonyl (C=O) groups excluding carboxylic acids is 1. The predicted molar refractivity (Wildman–Crippen MR) is 106 cm³/mol. The summed E-state index contributed by atoms with van der Waals surface area (Å²) in [6, 6.07) is 19.3. The average molecular weight is 374 g/mol. The first kappa shape index (κ1) is 19.2. The van der Waals surface area contributed by atoms with Crippen molar-refractivity contribution in [3.05, 3.63) is 88.5 Å². The fourth-order valence-electron chi connectivity index (χ4n) is 3.33. The summed E-state index contributed by atoms with van der Waals surface area (Å²) in [6.45, 7) is 3.86. The van der Waals surface area contributed by atoms with Crippen LogP contribution in [-0.4, -0.2) is 5.78 Å². The zero-order valence-corrected chi connectivity index (χ0v) is 15.9. The fraction of sp³-hybridized carbons (Fsp3) is 0.217. The molecule has 0 aliphatic carbocycles. The molecule has 0 radical (unpaired) electrons. The van der Waals surface area contributed by atoms with Crippen LogP contribution in [0.3, 0.4) is 0 Å². The number of ether oxygens (including phenoxy) is 2. The Labute approximate surface area is 164 Å². The van der Waals surface area contributed by atoms with Crippen molar-refractivity contribution in [2.45, 2.75) is 32.8 Å². The number of nitriles is 1. The van der Waals surface area contributed by atoms with Crippen LogP contribution in [0.15, 0.2) is 77.4 Å². The van der Waals surface area contributed by atoms with Crippen LogP contribution in [0.2, 0.25) is 0 Å². The summed E-state index contributed by atoms with van der Waals surface area (Å²) in [5.74, 6) is 0.355. The Morgan fingerprint density at radius 3 is 2.54 bits per heavy atom. The largest absolute Gasteiger partial charge is 0.489 e. The zero-order chi connectivity index (χ0) is 20.1. The van der Waals surface area contributed by atoms with Gasteiger partial charge in [-0.15, -0.1) is 0 Å². The van der Waals surface area contributed by atoms with E-state index in [-0.39, 0.29) is 17.2 Å². The molecule has 1 atom stereocenters. The molecule has 0 unspecified atom stereocenters. The Balaban J connectivity index is 2.05. The van der Waals surface area contributed by atoms with Gasteiger partial charge in [-0.25, -0.2) is 0 Å². The number of nitrogens with zero attached hydrogens (tertiary/aromatic N) is 1. The smallest absolute Gasteiger partial charge is 0.205 e. The van der Waals surface area contributed by atoms with Crippen molar-refractivity contribution in [2.75, 3.05) is 0 Å². The number of hydrogen-bond acceptors (Lipinski definition) is 5. The molecule has 0 fully saturated rings. The summed E-state index contributed by atoms with van der Waals surface area (Å²) in [5.41, 5.74) is 8.39. The number of allylic oxidation sites excluding steroid dienone is 3. The Kier molecular flexibility index (Phi) is 5.81. The first-order chi connectivity index (χ1) is 13.6. The summed E-state index contributed by atoms with van der Waals surface area (Å²) in [5, 5.41) is 9.71. The van der Waals surface area contributed by atoms with Gasteiger partial charge in [-0.1, -0.05) is 55.5 Å². The van der Waals surface area contributed by atoms with Gasteiger partial charge in [0.25, 0.3) is 0 Å². The Hall–Kier alpha value is -3.52. The maximum Gasteiger partial charge on any atom is 0.205 e. The minimum absolute atomic E-state index is 0.0236. The monoisotopic (exact) mass is 374 g/mol. The van der Waals surface area contributed by atoms with Crippen molar-refractivity contribution in [3.63, 3.8) is 0 Å². The van der Waals surface area contributed by atoms with E-state index in [1.807, 2.05) is 54.6 Å². The maximum atomic E-state index is 12.7. The second kappa shape index (κ2) is 8.45. The molecule has 2 N–H and O–H groups in total. The van der Waals surface area contributed by atoms with Crippen molar-refractivity contribution in [1.29, 1.82) is 5.26 Å². The summed E-state index contributed by atoms with van der Waals surface area (Å²) in [7, 11) is 0. The van der Waals surface area contributed by atoms with E-state index in [2.05, 4.69) is 6.07 Å². The van der Waals surface area contributed by atoms with Crippen molar-refractivity contribution >= 4 is 5.78 Å². The van der Waals surface area contributed by atoms with E-state index in [9.17, 15) is 10.1 Å². The summed E-state index contributed by atoms with van der Waals surface area (Å²) < 4.78 is 11.6. The fourth-order valence-corrected chi connectivity index (χ4v) is 3.33. The molecule has 0 amide bonds. The molecule has 3 rings (SSSR count). The molecule has 28 heavy (non-hydrogen) atoms. The minimum atomic E-state index is -0.613. The number of ketones is 1. The normalized spacial score (nSPS) is 16.4. The molecule has 142 valence electrons. The summed E-state index contributed by atoms with van der Waals surface area (Å²) in [6.07, 6.45) is 0.304. The molecular weight excluding hydrogens is 352 g/mol. The molecule has 2 aromatic carbocycles. The molecule has 1 aliphatic heterocycles. The van der Waals surface area contributed by atoms with Crippen LogP contribution in [0.25, 0.3) is 0 Å². The molecule has 0 saturated heterocycles. The molecular formula is C23H22N2O3. The Morgan fingerprint density at radius 2 is 1.86 bits per heavy atom. The van der Waals surface area contributed by atoms with Crippen LogP contribution in [0.4, 0.5) is 0 Å². The van der Waals surface area contributed by atoms with Crippen LogP contribution in [0.1, 0.15) is 37.3 Å². The number of nitrogens with two attached hydrogens (primary N) is 1. The lowest BCUT2D eigenvalue weighted by Gasteiger charge is -2.28. The van der Waals surface area contributed by atoms with E-state index >= 15 is 0 Å². The maximum absolute atomic E-state index is 12.7. The molecule has 0 saturated carbocycles. The topological polar surface area (TPSA) is 85.3 Å². The minimum Gasteiger partial charge on any atom is -0.489 e. The highest BCUT2D eigenvalue weighted by atomic mass is 16.5. The highest BCUT2D eigenvalue weighted by Crippen LogP contribution is 2.43. The molecule has 1 aliphatic rings. The van der Waals surface area contributed by atoms with Crippen LogP contribution in [0.5, 0.6) is 5.75 Å². The molecule has 1 heterocycles. The van der Waals surface area contributed by atoms with Crippen LogP contribution >= 0.6 is 0 Å². The third kappa shape index (κ3) is 3.77. The number of hydrogen-bond donors (Lipinski definition) is 1. The van der Waals surface area contributed by atoms with Gasteiger partial charge in [0.05, 0.1) is 5.92 Å². The van der Waals surface area contributed by atoms with Crippen LogP contribution < -0.4 is 10.5 Å². The number of benzene rings is 2. The lowest BCUT2D eigenvalue weighted by Crippen LogP contribution is -2.24. The van der Waals surface area contributed by atoms with E-state index in [4.69, 9.17) is 15.2 Å². The predicted octanol–water partition coefficient (Wildman–Crippen LogP) is 4.33. The SMILES string of the molecule is CCC(=O)C1=C(C)OC(N)=C(C#N)[C@@H]1c1ccccc1OCc1ccccc1. The second-order valence-corrected chi connectivity index (χ2v) is 6.48. The number of para-hydroxylation sites is 1. The van der Waals surface area contributed by atoms with E-state index in [0.29, 0.717) is 30.1 Å². The van der Waals surface area contributed by atoms with Crippen molar-refractivity contribution in [2.24, 2.45) is 5.73 Å². The molecule has 0 aromatic heterocycles. The third-order valence-electron chi connectivity index (χ3n) is 4.69. The van der Waals surface area contributed by atoms with Gasteiger partial charge in [0.1, 0.15) is 29.8 Å². The number of carbonyl (C=O) groups is 1. The third-order valence-corrected chi connectivity index (χ3v) is 4.69. The van der Waals surface area contributed by atoms with Gasteiger partial charge < -0.3 is 15.2 Å². The van der Waals surface area contributed by atoms with Gasteiger partial charge in [0.2, 0.25) is 5.88 Å². The van der Waals surface area contributed by atoms with Gasteiger partial charge in [0, 0.05) is 17.6 Å². The van der Waals surface area contributed by atoms with E-state index < -0.39 is 5.92 Å². The van der Waals surface area contributed by atoms with Crippen LogP contribution in [-0.2, 0) is 16.1 Å². The highest BCUT2D eigenvalue weighted by molar-refractivity contribution is 5.98. The lowest BCUT2D eigenvalue weighted by molar-refractivity contribution is -0.115. The lowest BCUT2D eigenvalue weighted by atomic mass is 9.80. The van der Waals surface area contributed by atoms with Crippen molar-refractivity contribution in [1.82, 2.24) is 0 Å². The second-order valence-electron chi connectivity index (χ2n) is 6.48. The van der Waals surface area contributed by atoms with Gasteiger partial charge in [-0.2, -0.15) is 5.26 Å². The van der Waals surface area contributed by atoms with Gasteiger partial charge in [-0.3, -0.25) is 4.79 Å². The Bertz CT molecular complexity index is 984. The van der Waals surface area contributed by atoms with E-state index in [1.165, 1.54) is 0 Å². The molecule has 2 aromatic rings. The first-order valence-electron chi connectivity index (χ1n) is 9.14. The number of rotatable bonds is 6. The highest BCUT2D eigenvalue weighted by Gasteiger charge is 2.36. The standard InChI is InChI=1S/C23H22N2O3/c1-3-19(26)21-15(2)28-23(25)18(13-24)22(21)17-11-7-8-12-20(17)27-14-16-9-5-4-6-10-16/h4-12,22H,3,14,25H2,1-2H3/t22-/m0/s1. The van der Waals surface area contributed by atoms with Crippen LogP contribution in [0, 0.1) is 11.3 Å². The quantitative estimate of drug-likeness (QED) is 0.813. The van der Waals surface area contributed by atoms with Gasteiger partial charge in [-0.05, 0) is 18.6 Å². The Morgan fingerprint density at radius 1 is 1.18 bits per heavy atom. The van der Waals surface area contributed by atoms with E-state index in [0.717, 1.165) is 11.1 Å². The molecule has 0 spiro atoms. The van der Waals surface area contributed by atoms with Gasteiger partial charge in [0.15, 0.2) is 5.78 Å². The average Bonchev–Trinajstić information content (AvgIpc) is 2.72. The van der Waals surface area contributed by atoms with Crippen molar-refractivity contribution < 1.29 is 14.3 Å². The number of Topliss-reactive ketones (excluding diaryl/α,β-unsaturated/α-hetero) is 1. The molecule has 5 heteroatoms. The summed E-state index contributed by atoms with van der Waals surface area (Å²) >= 11 is 0. The molecule has 5 nitrogen and oxygen atoms in total.